The molecule has 2 unspecified atom stereocenters. The van der Waals surface area contributed by atoms with E-state index in [0.717, 1.165) is 25.1 Å². The van der Waals surface area contributed by atoms with Crippen molar-refractivity contribution < 1.29 is 5.11 Å². The van der Waals surface area contributed by atoms with Crippen LogP contribution < -0.4 is 5.32 Å². The third-order valence-corrected chi connectivity index (χ3v) is 3.33. The number of aromatic nitrogens is 1. The highest BCUT2D eigenvalue weighted by atomic mass is 32.1. The molecule has 86 valence electrons. The van der Waals surface area contributed by atoms with Gasteiger partial charge in [-0.15, -0.1) is 11.3 Å². The molecule has 0 spiro atoms. The van der Waals surface area contributed by atoms with Gasteiger partial charge in [-0.25, -0.2) is 4.98 Å². The molecule has 0 aromatic carbocycles. The van der Waals surface area contributed by atoms with Gasteiger partial charge in [0.15, 0.2) is 0 Å². The Bertz CT molecular complexity index is 251. The SMILES string of the molecule is CCC(CCO)CNC(C)c1cscn1. The largest absolute Gasteiger partial charge is 0.396 e. The molecule has 1 aromatic rings. The second-order valence-electron chi connectivity index (χ2n) is 3.83. The van der Waals surface area contributed by atoms with Crippen LogP contribution in [0.1, 0.15) is 38.4 Å². The van der Waals surface area contributed by atoms with Crippen molar-refractivity contribution in [2.75, 3.05) is 13.2 Å². The van der Waals surface area contributed by atoms with Gasteiger partial charge >= 0.3 is 0 Å². The van der Waals surface area contributed by atoms with Gasteiger partial charge in [-0.2, -0.15) is 0 Å². The summed E-state index contributed by atoms with van der Waals surface area (Å²) in [6, 6.07) is 0.309. The van der Waals surface area contributed by atoms with E-state index in [4.69, 9.17) is 5.11 Å². The molecule has 0 radical (unpaired) electrons. The number of rotatable bonds is 7. The molecule has 0 aliphatic carbocycles. The van der Waals surface area contributed by atoms with E-state index in [1.165, 1.54) is 0 Å². The van der Waals surface area contributed by atoms with Crippen LogP contribution >= 0.6 is 11.3 Å². The summed E-state index contributed by atoms with van der Waals surface area (Å²) in [4.78, 5) is 4.27. The van der Waals surface area contributed by atoms with Gasteiger partial charge in [-0.1, -0.05) is 13.3 Å². The number of aliphatic hydroxyl groups is 1. The molecule has 1 aromatic heterocycles. The van der Waals surface area contributed by atoms with Crippen molar-refractivity contribution in [1.29, 1.82) is 0 Å². The van der Waals surface area contributed by atoms with Gasteiger partial charge < -0.3 is 10.4 Å². The summed E-state index contributed by atoms with van der Waals surface area (Å²) >= 11 is 1.63. The molecule has 1 heterocycles. The second kappa shape index (κ2) is 6.93. The summed E-state index contributed by atoms with van der Waals surface area (Å²) in [5.41, 5.74) is 2.97. The van der Waals surface area contributed by atoms with Crippen molar-refractivity contribution >= 4 is 11.3 Å². The topological polar surface area (TPSA) is 45.1 Å². The Balaban J connectivity index is 2.29. The lowest BCUT2D eigenvalue weighted by molar-refractivity contribution is 0.249. The zero-order valence-electron chi connectivity index (χ0n) is 9.44. The summed E-state index contributed by atoms with van der Waals surface area (Å²) in [5.74, 6) is 0.566. The predicted octanol–water partition coefficient (Wildman–Crippen LogP) is 2.20. The molecule has 3 nitrogen and oxygen atoms in total. The molecule has 1 rings (SSSR count). The van der Waals surface area contributed by atoms with Gasteiger partial charge in [0.1, 0.15) is 0 Å². The molecule has 0 aliphatic rings. The minimum atomic E-state index is 0.283. The van der Waals surface area contributed by atoms with E-state index in [9.17, 15) is 0 Å². The first kappa shape index (κ1) is 12.6. The third kappa shape index (κ3) is 4.28. The van der Waals surface area contributed by atoms with Crippen molar-refractivity contribution in [2.45, 2.75) is 32.7 Å². The van der Waals surface area contributed by atoms with Crippen LogP contribution in [0.4, 0.5) is 0 Å². The van der Waals surface area contributed by atoms with Gasteiger partial charge in [-0.05, 0) is 25.8 Å². The molecule has 0 bridgehead atoms. The zero-order valence-corrected chi connectivity index (χ0v) is 10.3. The van der Waals surface area contributed by atoms with Crippen molar-refractivity contribution in [2.24, 2.45) is 5.92 Å². The van der Waals surface area contributed by atoms with Crippen molar-refractivity contribution in [1.82, 2.24) is 10.3 Å². The monoisotopic (exact) mass is 228 g/mol. The van der Waals surface area contributed by atoms with Crippen molar-refractivity contribution in [3.63, 3.8) is 0 Å². The normalized spacial score (nSPS) is 15.1. The molecule has 15 heavy (non-hydrogen) atoms. The number of hydrogen-bond acceptors (Lipinski definition) is 4. The number of thiazole rings is 1. The molecule has 0 saturated carbocycles. The summed E-state index contributed by atoms with van der Waals surface area (Å²) in [6.07, 6.45) is 1.99. The minimum Gasteiger partial charge on any atom is -0.396 e. The number of nitrogens with one attached hydrogen (secondary N) is 1. The first-order chi connectivity index (χ1) is 7.27. The summed E-state index contributed by atoms with van der Waals surface area (Å²) in [7, 11) is 0. The van der Waals surface area contributed by atoms with E-state index in [1.54, 1.807) is 11.3 Å². The van der Waals surface area contributed by atoms with Crippen LogP contribution in [-0.4, -0.2) is 23.2 Å². The van der Waals surface area contributed by atoms with Crippen LogP contribution in [0.2, 0.25) is 0 Å². The summed E-state index contributed by atoms with van der Waals surface area (Å²) in [6.45, 7) is 5.53. The first-order valence-corrected chi connectivity index (χ1v) is 6.44. The fourth-order valence-corrected chi connectivity index (χ4v) is 2.16. The van der Waals surface area contributed by atoms with E-state index in [1.807, 2.05) is 5.51 Å². The maximum Gasteiger partial charge on any atom is 0.0795 e. The molecular weight excluding hydrogens is 208 g/mol. The Kier molecular flexibility index (Phi) is 5.83. The quantitative estimate of drug-likeness (QED) is 0.752. The highest BCUT2D eigenvalue weighted by molar-refractivity contribution is 7.07. The van der Waals surface area contributed by atoms with Crippen molar-refractivity contribution in [3.8, 4) is 0 Å². The zero-order chi connectivity index (χ0) is 11.1. The molecule has 0 amide bonds. The van der Waals surface area contributed by atoms with Gasteiger partial charge in [-0.3, -0.25) is 0 Å². The van der Waals surface area contributed by atoms with E-state index >= 15 is 0 Å². The lowest BCUT2D eigenvalue weighted by Gasteiger charge is -2.17. The summed E-state index contributed by atoms with van der Waals surface area (Å²) in [5, 5.41) is 14.4. The van der Waals surface area contributed by atoms with E-state index in [-0.39, 0.29) is 6.61 Å². The minimum absolute atomic E-state index is 0.283. The van der Waals surface area contributed by atoms with Gasteiger partial charge in [0, 0.05) is 18.0 Å². The third-order valence-electron chi connectivity index (χ3n) is 2.72. The van der Waals surface area contributed by atoms with Crippen LogP contribution in [-0.2, 0) is 0 Å². The number of aliphatic hydroxyl groups excluding tert-OH is 1. The Morgan fingerprint density at radius 3 is 2.93 bits per heavy atom. The van der Waals surface area contributed by atoms with Gasteiger partial charge in [0.25, 0.3) is 0 Å². The fourth-order valence-electron chi connectivity index (χ4n) is 1.52. The van der Waals surface area contributed by atoms with Gasteiger partial charge in [0.2, 0.25) is 0 Å². The highest BCUT2D eigenvalue weighted by Gasteiger charge is 2.10. The lowest BCUT2D eigenvalue weighted by Crippen LogP contribution is -2.26. The van der Waals surface area contributed by atoms with Crippen molar-refractivity contribution in [3.05, 3.63) is 16.6 Å². The molecule has 2 N–H and O–H groups in total. The second-order valence-corrected chi connectivity index (χ2v) is 4.55. The van der Waals surface area contributed by atoms with E-state index in [0.29, 0.717) is 12.0 Å². The smallest absolute Gasteiger partial charge is 0.0795 e. The maximum atomic E-state index is 8.88. The predicted molar refractivity (Wildman–Crippen MR) is 64.0 cm³/mol. The lowest BCUT2D eigenvalue weighted by atomic mass is 10.0. The van der Waals surface area contributed by atoms with E-state index in [2.05, 4.69) is 29.5 Å². The average Bonchev–Trinajstić information content (AvgIpc) is 2.77. The fraction of sp³-hybridized carbons (Fsp3) is 0.727. The standard InChI is InChI=1S/C11H20N2OS/c1-3-10(4-5-14)6-12-9(2)11-7-15-8-13-11/h7-10,12,14H,3-6H2,1-2H3. The Labute approximate surface area is 95.6 Å². The molecular formula is C11H20N2OS. The van der Waals surface area contributed by atoms with E-state index < -0.39 is 0 Å². The number of hydrogen-bond donors (Lipinski definition) is 2. The molecule has 2 atom stereocenters. The van der Waals surface area contributed by atoms with Gasteiger partial charge in [0.05, 0.1) is 11.2 Å². The first-order valence-electron chi connectivity index (χ1n) is 5.50. The molecule has 4 heteroatoms. The average molecular weight is 228 g/mol. The highest BCUT2D eigenvalue weighted by Crippen LogP contribution is 2.13. The molecule has 0 fully saturated rings. The molecule has 0 aliphatic heterocycles. The van der Waals surface area contributed by atoms with Crippen LogP contribution in [0.15, 0.2) is 10.9 Å². The Morgan fingerprint density at radius 1 is 1.60 bits per heavy atom. The molecule has 0 saturated heterocycles. The van der Waals surface area contributed by atoms with Crippen LogP contribution in [0.3, 0.4) is 0 Å². The van der Waals surface area contributed by atoms with Crippen LogP contribution in [0.25, 0.3) is 0 Å². The van der Waals surface area contributed by atoms with Crippen LogP contribution in [0, 0.1) is 5.92 Å². The Hall–Kier alpha value is -0.450. The van der Waals surface area contributed by atoms with Crippen LogP contribution in [0.5, 0.6) is 0 Å². The maximum absolute atomic E-state index is 8.88. The Morgan fingerprint density at radius 2 is 2.40 bits per heavy atom. The number of nitrogens with zero attached hydrogens (tertiary/aromatic N) is 1. The summed E-state index contributed by atoms with van der Waals surface area (Å²) < 4.78 is 0.